The van der Waals surface area contributed by atoms with Crippen LogP contribution in [0, 0.1) is 0 Å². The normalized spacial score (nSPS) is 11.2. The molecule has 22 heavy (non-hydrogen) atoms. The highest BCUT2D eigenvalue weighted by Gasteiger charge is 2.06. The molecule has 1 amide bonds. The van der Waals surface area contributed by atoms with Gasteiger partial charge in [-0.25, -0.2) is 0 Å². The Bertz CT molecular complexity index is 425. The molecule has 0 aliphatic carbocycles. The highest BCUT2D eigenvalue weighted by atomic mass is 16.5. The lowest BCUT2D eigenvalue weighted by Crippen LogP contribution is -2.30. The minimum atomic E-state index is -0.0392. The third kappa shape index (κ3) is 6.58. The fraction of sp³-hybridized carbons (Fsp3) is 0.611. The van der Waals surface area contributed by atoms with Crippen molar-refractivity contribution in [3.63, 3.8) is 0 Å². The first-order valence-electron chi connectivity index (χ1n) is 8.26. The maximum atomic E-state index is 12.0. The van der Waals surface area contributed by atoms with Gasteiger partial charge in [0.2, 0.25) is 0 Å². The number of nitrogens with zero attached hydrogens (tertiary/aromatic N) is 1. The van der Waals surface area contributed by atoms with Crippen LogP contribution in [0.5, 0.6) is 0 Å². The number of carbonyl (C=O) groups excluding carboxylic acids is 1. The zero-order chi connectivity index (χ0) is 16.4. The summed E-state index contributed by atoms with van der Waals surface area (Å²) in [7, 11) is 0. The number of carbonyl (C=O) groups is 1. The van der Waals surface area contributed by atoms with Crippen LogP contribution in [0.15, 0.2) is 24.3 Å². The molecule has 0 fully saturated rings. The van der Waals surface area contributed by atoms with Crippen molar-refractivity contribution in [2.24, 2.45) is 0 Å². The summed E-state index contributed by atoms with van der Waals surface area (Å²) >= 11 is 0. The number of likely N-dealkylation sites (N-methyl/N-ethyl adjacent to an activating group) is 1. The van der Waals surface area contributed by atoms with E-state index in [2.05, 4.69) is 37.9 Å². The molecule has 0 aliphatic rings. The first-order valence-corrected chi connectivity index (χ1v) is 8.26. The summed E-state index contributed by atoms with van der Waals surface area (Å²) in [6.07, 6.45) is 0. The predicted molar refractivity (Wildman–Crippen MR) is 91.5 cm³/mol. The van der Waals surface area contributed by atoms with Crippen molar-refractivity contribution < 1.29 is 9.53 Å². The molecule has 0 aliphatic heterocycles. The van der Waals surface area contributed by atoms with E-state index in [9.17, 15) is 4.79 Å². The summed E-state index contributed by atoms with van der Waals surface area (Å²) in [5.74, 6) is 0.443. The van der Waals surface area contributed by atoms with E-state index in [1.807, 2.05) is 24.3 Å². The summed E-state index contributed by atoms with van der Waals surface area (Å²) in [6, 6.07) is 7.79. The quantitative estimate of drug-likeness (QED) is 0.676. The van der Waals surface area contributed by atoms with Gasteiger partial charge in [-0.1, -0.05) is 39.8 Å². The van der Waals surface area contributed by atoms with E-state index in [-0.39, 0.29) is 5.91 Å². The van der Waals surface area contributed by atoms with Gasteiger partial charge in [-0.2, -0.15) is 0 Å². The zero-order valence-electron chi connectivity index (χ0n) is 14.4. The van der Waals surface area contributed by atoms with E-state index in [0.29, 0.717) is 31.2 Å². The number of amides is 1. The van der Waals surface area contributed by atoms with Crippen LogP contribution in [0.4, 0.5) is 0 Å². The molecule has 1 aromatic carbocycles. The molecule has 0 spiro atoms. The highest BCUT2D eigenvalue weighted by Crippen LogP contribution is 2.14. The minimum Gasteiger partial charge on any atom is -0.378 e. The number of hydrogen-bond acceptors (Lipinski definition) is 3. The Morgan fingerprint density at radius 3 is 2.32 bits per heavy atom. The van der Waals surface area contributed by atoms with Crippen LogP contribution in [-0.4, -0.2) is 50.2 Å². The summed E-state index contributed by atoms with van der Waals surface area (Å²) in [6.45, 7) is 13.4. The van der Waals surface area contributed by atoms with Gasteiger partial charge in [0.25, 0.3) is 5.91 Å². The fourth-order valence-corrected chi connectivity index (χ4v) is 2.19. The number of benzene rings is 1. The topological polar surface area (TPSA) is 41.6 Å². The second-order valence-corrected chi connectivity index (χ2v) is 5.67. The molecule has 0 aromatic heterocycles. The number of nitrogens with one attached hydrogen (secondary N) is 1. The van der Waals surface area contributed by atoms with Gasteiger partial charge in [0, 0.05) is 18.7 Å². The van der Waals surface area contributed by atoms with Crippen molar-refractivity contribution in [2.45, 2.75) is 33.6 Å². The van der Waals surface area contributed by atoms with Crippen LogP contribution < -0.4 is 5.32 Å². The molecule has 0 saturated carbocycles. The molecule has 4 nitrogen and oxygen atoms in total. The van der Waals surface area contributed by atoms with E-state index < -0.39 is 0 Å². The first kappa shape index (κ1) is 18.7. The summed E-state index contributed by atoms with van der Waals surface area (Å²) in [4.78, 5) is 14.3. The van der Waals surface area contributed by atoms with Gasteiger partial charge in [0.1, 0.15) is 0 Å². The Kier molecular flexibility index (Phi) is 8.78. The Hall–Kier alpha value is -1.39. The third-order valence-electron chi connectivity index (χ3n) is 3.82. The van der Waals surface area contributed by atoms with Crippen molar-refractivity contribution in [3.8, 4) is 0 Å². The maximum absolute atomic E-state index is 12.0. The molecule has 1 N–H and O–H groups in total. The number of rotatable bonds is 10. The van der Waals surface area contributed by atoms with Gasteiger partial charge in [0.05, 0.1) is 13.2 Å². The number of hydrogen-bond donors (Lipinski definition) is 1. The summed E-state index contributed by atoms with van der Waals surface area (Å²) in [5.41, 5.74) is 1.95. The van der Waals surface area contributed by atoms with Crippen LogP contribution in [0.3, 0.4) is 0 Å². The molecule has 0 bridgehead atoms. The molecule has 4 heteroatoms. The van der Waals surface area contributed by atoms with E-state index in [1.54, 1.807) is 0 Å². The molecule has 0 heterocycles. The SMILES string of the molecule is CCN(CC)CCOCCNC(=O)c1ccc(C(C)C)cc1. The standard InChI is InChI=1S/C18H30N2O2/c1-5-20(6-2)12-14-22-13-11-19-18(21)17-9-7-16(8-10-17)15(3)4/h7-10,15H,5-6,11-14H2,1-4H3,(H,19,21). The molecule has 1 aromatic rings. The molecule has 124 valence electrons. The minimum absolute atomic E-state index is 0.0392. The largest absolute Gasteiger partial charge is 0.378 e. The van der Waals surface area contributed by atoms with E-state index >= 15 is 0 Å². The Labute approximate surface area is 134 Å². The van der Waals surface area contributed by atoms with Gasteiger partial charge in [-0.15, -0.1) is 0 Å². The predicted octanol–water partition coefficient (Wildman–Crippen LogP) is 2.90. The maximum Gasteiger partial charge on any atom is 0.251 e. The van der Waals surface area contributed by atoms with E-state index in [1.165, 1.54) is 5.56 Å². The lowest BCUT2D eigenvalue weighted by atomic mass is 10.0. The number of ether oxygens (including phenoxy) is 1. The van der Waals surface area contributed by atoms with Crippen LogP contribution in [0.1, 0.15) is 49.5 Å². The Balaban J connectivity index is 2.20. The lowest BCUT2D eigenvalue weighted by molar-refractivity contribution is 0.0884. The van der Waals surface area contributed by atoms with Crippen LogP contribution >= 0.6 is 0 Å². The second kappa shape index (κ2) is 10.4. The van der Waals surface area contributed by atoms with Crippen molar-refractivity contribution in [2.75, 3.05) is 39.4 Å². The smallest absolute Gasteiger partial charge is 0.251 e. The highest BCUT2D eigenvalue weighted by molar-refractivity contribution is 5.94. The molecule has 0 unspecified atom stereocenters. The van der Waals surface area contributed by atoms with Gasteiger partial charge >= 0.3 is 0 Å². The molecule has 0 saturated heterocycles. The Morgan fingerprint density at radius 1 is 1.14 bits per heavy atom. The molecular weight excluding hydrogens is 276 g/mol. The van der Waals surface area contributed by atoms with Crippen LogP contribution in [-0.2, 0) is 4.74 Å². The first-order chi connectivity index (χ1) is 10.6. The summed E-state index contributed by atoms with van der Waals surface area (Å²) in [5, 5.41) is 2.89. The third-order valence-corrected chi connectivity index (χ3v) is 3.82. The van der Waals surface area contributed by atoms with Crippen molar-refractivity contribution in [1.29, 1.82) is 0 Å². The molecule has 0 atom stereocenters. The van der Waals surface area contributed by atoms with Gasteiger partial charge < -0.3 is 15.0 Å². The monoisotopic (exact) mass is 306 g/mol. The average molecular weight is 306 g/mol. The lowest BCUT2D eigenvalue weighted by Gasteiger charge is -2.17. The van der Waals surface area contributed by atoms with Gasteiger partial charge in [-0.05, 0) is 36.7 Å². The van der Waals surface area contributed by atoms with Crippen LogP contribution in [0.25, 0.3) is 0 Å². The van der Waals surface area contributed by atoms with E-state index in [0.717, 1.165) is 19.6 Å². The second-order valence-electron chi connectivity index (χ2n) is 5.67. The average Bonchev–Trinajstić information content (AvgIpc) is 2.54. The fourth-order valence-electron chi connectivity index (χ4n) is 2.19. The van der Waals surface area contributed by atoms with E-state index in [4.69, 9.17) is 4.74 Å². The zero-order valence-corrected chi connectivity index (χ0v) is 14.4. The molecule has 1 rings (SSSR count). The summed E-state index contributed by atoms with van der Waals surface area (Å²) < 4.78 is 5.55. The molecule has 0 radical (unpaired) electrons. The van der Waals surface area contributed by atoms with Crippen molar-refractivity contribution in [1.82, 2.24) is 10.2 Å². The van der Waals surface area contributed by atoms with Gasteiger partial charge in [-0.3, -0.25) is 4.79 Å². The van der Waals surface area contributed by atoms with Gasteiger partial charge in [0.15, 0.2) is 0 Å². The Morgan fingerprint density at radius 2 is 1.77 bits per heavy atom. The van der Waals surface area contributed by atoms with Crippen LogP contribution in [0.2, 0.25) is 0 Å². The van der Waals surface area contributed by atoms with Crippen molar-refractivity contribution in [3.05, 3.63) is 35.4 Å². The van der Waals surface area contributed by atoms with Crippen molar-refractivity contribution >= 4 is 5.91 Å². The molecular formula is C18H30N2O2.